The number of aryl methyl sites for hydroxylation is 3. The van der Waals surface area contributed by atoms with Crippen LogP contribution in [-0.2, 0) is 9.53 Å². The Morgan fingerprint density at radius 1 is 1.19 bits per heavy atom. The van der Waals surface area contributed by atoms with Crippen LogP contribution in [0.5, 0.6) is 0 Å². The number of carbonyl (C=O) groups excluding carboxylic acids is 2. The molecule has 0 spiro atoms. The zero-order chi connectivity index (χ0) is 19.7. The van der Waals surface area contributed by atoms with Crippen LogP contribution >= 0.6 is 11.3 Å². The van der Waals surface area contributed by atoms with Gasteiger partial charge in [-0.25, -0.2) is 4.79 Å². The SMILES string of the molecule is CC[C@@H](C(=O)Nc1c(C)cc(C)cc1C)n1c(C(=O)OC)cc2ccsc21. The van der Waals surface area contributed by atoms with E-state index in [-0.39, 0.29) is 5.91 Å². The lowest BCUT2D eigenvalue weighted by Gasteiger charge is -2.21. The van der Waals surface area contributed by atoms with Crippen LogP contribution in [0.25, 0.3) is 10.2 Å². The van der Waals surface area contributed by atoms with E-state index in [1.165, 1.54) is 18.4 Å². The molecule has 0 saturated heterocycles. The number of carbonyl (C=O) groups is 2. The lowest BCUT2D eigenvalue weighted by Crippen LogP contribution is -2.28. The van der Waals surface area contributed by atoms with Crippen LogP contribution in [0.3, 0.4) is 0 Å². The molecule has 27 heavy (non-hydrogen) atoms. The molecular formula is C21H24N2O3S. The Kier molecular flexibility index (Phi) is 5.37. The Balaban J connectivity index is 2.03. The number of anilines is 1. The summed E-state index contributed by atoms with van der Waals surface area (Å²) in [5, 5.41) is 5.98. The van der Waals surface area contributed by atoms with Crippen molar-refractivity contribution >= 4 is 39.1 Å². The fourth-order valence-corrected chi connectivity index (χ4v) is 4.53. The minimum absolute atomic E-state index is 0.136. The number of esters is 1. The van der Waals surface area contributed by atoms with E-state index < -0.39 is 12.0 Å². The Morgan fingerprint density at radius 3 is 2.44 bits per heavy atom. The van der Waals surface area contributed by atoms with E-state index in [4.69, 9.17) is 4.74 Å². The molecule has 1 atom stereocenters. The molecule has 6 heteroatoms. The van der Waals surface area contributed by atoms with E-state index in [2.05, 4.69) is 17.4 Å². The molecule has 2 heterocycles. The van der Waals surface area contributed by atoms with Gasteiger partial charge in [0.25, 0.3) is 0 Å². The number of fused-ring (bicyclic) bond motifs is 1. The first kappa shape index (κ1) is 19.2. The van der Waals surface area contributed by atoms with Gasteiger partial charge < -0.3 is 14.6 Å². The van der Waals surface area contributed by atoms with Crippen molar-refractivity contribution in [1.29, 1.82) is 0 Å². The minimum atomic E-state index is -0.504. The van der Waals surface area contributed by atoms with E-state index in [1.54, 1.807) is 10.6 Å². The molecule has 2 aromatic heterocycles. The first-order valence-electron chi connectivity index (χ1n) is 8.92. The first-order chi connectivity index (χ1) is 12.9. The number of ether oxygens (including phenoxy) is 1. The van der Waals surface area contributed by atoms with Crippen molar-refractivity contribution in [2.24, 2.45) is 0 Å². The third-order valence-corrected chi connectivity index (χ3v) is 5.69. The molecule has 142 valence electrons. The monoisotopic (exact) mass is 384 g/mol. The van der Waals surface area contributed by atoms with E-state index in [0.29, 0.717) is 12.1 Å². The molecule has 0 saturated carbocycles. The maximum atomic E-state index is 13.2. The Morgan fingerprint density at radius 2 is 1.85 bits per heavy atom. The number of methoxy groups -OCH3 is 1. The zero-order valence-corrected chi connectivity index (χ0v) is 17.1. The fourth-order valence-electron chi connectivity index (χ4n) is 3.58. The maximum Gasteiger partial charge on any atom is 0.354 e. The Bertz CT molecular complexity index is 993. The smallest absolute Gasteiger partial charge is 0.354 e. The van der Waals surface area contributed by atoms with Crippen molar-refractivity contribution in [2.75, 3.05) is 12.4 Å². The van der Waals surface area contributed by atoms with Crippen molar-refractivity contribution in [3.63, 3.8) is 0 Å². The topological polar surface area (TPSA) is 60.3 Å². The molecule has 1 N–H and O–H groups in total. The third-order valence-electron chi connectivity index (χ3n) is 4.77. The number of nitrogens with one attached hydrogen (secondary N) is 1. The summed E-state index contributed by atoms with van der Waals surface area (Å²) in [5.41, 5.74) is 4.45. The molecule has 1 aromatic carbocycles. The van der Waals surface area contributed by atoms with Crippen LogP contribution in [0, 0.1) is 20.8 Å². The van der Waals surface area contributed by atoms with E-state index >= 15 is 0 Å². The number of hydrogen-bond donors (Lipinski definition) is 1. The molecule has 5 nitrogen and oxygen atoms in total. The van der Waals surface area contributed by atoms with Gasteiger partial charge in [0.15, 0.2) is 0 Å². The van der Waals surface area contributed by atoms with Gasteiger partial charge in [0, 0.05) is 11.1 Å². The van der Waals surface area contributed by atoms with E-state index in [9.17, 15) is 9.59 Å². The Labute approximate surface area is 163 Å². The van der Waals surface area contributed by atoms with Gasteiger partial charge in [-0.15, -0.1) is 11.3 Å². The highest BCUT2D eigenvalue weighted by molar-refractivity contribution is 7.16. The number of hydrogen-bond acceptors (Lipinski definition) is 4. The third kappa shape index (κ3) is 3.49. The van der Waals surface area contributed by atoms with Crippen molar-refractivity contribution in [3.8, 4) is 0 Å². The van der Waals surface area contributed by atoms with Crippen LogP contribution in [0.15, 0.2) is 29.6 Å². The van der Waals surface area contributed by atoms with Gasteiger partial charge in [0.2, 0.25) is 5.91 Å². The first-order valence-corrected chi connectivity index (χ1v) is 9.80. The molecule has 0 aliphatic rings. The molecule has 0 fully saturated rings. The summed E-state index contributed by atoms with van der Waals surface area (Å²) in [6.45, 7) is 7.96. The van der Waals surface area contributed by atoms with Gasteiger partial charge >= 0.3 is 5.97 Å². The van der Waals surface area contributed by atoms with Crippen molar-refractivity contribution in [2.45, 2.75) is 40.2 Å². The standard InChI is InChI=1S/C21H24N2O3S/c1-6-16(19(24)22-18-13(3)9-12(2)10-14(18)4)23-17(21(25)26-5)11-15-7-8-27-20(15)23/h7-11,16H,6H2,1-5H3,(H,22,24)/t16-/m0/s1. The van der Waals surface area contributed by atoms with Gasteiger partial charge in [0.1, 0.15) is 16.6 Å². The van der Waals surface area contributed by atoms with Crippen LogP contribution in [0.2, 0.25) is 0 Å². The molecule has 1 amide bonds. The van der Waals surface area contributed by atoms with Crippen molar-refractivity contribution in [3.05, 3.63) is 52.0 Å². The highest BCUT2D eigenvalue weighted by atomic mass is 32.1. The lowest BCUT2D eigenvalue weighted by molar-refractivity contribution is -0.119. The number of aromatic nitrogens is 1. The van der Waals surface area contributed by atoms with Gasteiger partial charge in [-0.05, 0) is 55.8 Å². The van der Waals surface area contributed by atoms with Crippen molar-refractivity contribution in [1.82, 2.24) is 4.57 Å². The molecule has 0 radical (unpaired) electrons. The van der Waals surface area contributed by atoms with Crippen molar-refractivity contribution < 1.29 is 14.3 Å². The van der Waals surface area contributed by atoms with E-state index in [1.807, 2.05) is 39.1 Å². The predicted molar refractivity (Wildman–Crippen MR) is 110 cm³/mol. The summed E-state index contributed by atoms with van der Waals surface area (Å²) in [6, 6.07) is 7.33. The molecule has 3 rings (SSSR count). The van der Waals surface area contributed by atoms with Crippen LogP contribution in [-0.4, -0.2) is 23.6 Å². The second kappa shape index (κ2) is 7.56. The maximum absolute atomic E-state index is 13.2. The number of thiophene rings is 1. The quantitative estimate of drug-likeness (QED) is 0.630. The Hall–Kier alpha value is -2.60. The van der Waals surface area contributed by atoms with Gasteiger partial charge in [-0.2, -0.15) is 0 Å². The van der Waals surface area contributed by atoms with Crippen LogP contribution in [0.1, 0.15) is 46.6 Å². The summed E-state index contributed by atoms with van der Waals surface area (Å²) < 4.78 is 6.74. The number of benzene rings is 1. The average Bonchev–Trinajstić information content (AvgIpc) is 3.20. The van der Waals surface area contributed by atoms with Crippen LogP contribution in [0.4, 0.5) is 5.69 Å². The largest absolute Gasteiger partial charge is 0.464 e. The van der Waals surface area contributed by atoms with Crippen LogP contribution < -0.4 is 5.32 Å². The highest BCUT2D eigenvalue weighted by Crippen LogP contribution is 2.32. The average molecular weight is 385 g/mol. The lowest BCUT2D eigenvalue weighted by atomic mass is 10.0. The summed E-state index contributed by atoms with van der Waals surface area (Å²) >= 11 is 1.51. The summed E-state index contributed by atoms with van der Waals surface area (Å²) in [7, 11) is 1.35. The predicted octanol–water partition coefficient (Wildman–Crippen LogP) is 5.00. The molecule has 3 aromatic rings. The normalized spacial score (nSPS) is 12.2. The molecular weight excluding hydrogens is 360 g/mol. The summed E-state index contributed by atoms with van der Waals surface area (Å²) in [4.78, 5) is 26.4. The second-order valence-corrected chi connectivity index (χ2v) is 7.65. The zero-order valence-electron chi connectivity index (χ0n) is 16.3. The summed E-state index contributed by atoms with van der Waals surface area (Å²) in [5.74, 6) is -0.573. The van der Waals surface area contributed by atoms with Gasteiger partial charge in [0.05, 0.1) is 7.11 Å². The van der Waals surface area contributed by atoms with Gasteiger partial charge in [-0.1, -0.05) is 24.6 Å². The molecule has 0 aliphatic carbocycles. The molecule has 0 bridgehead atoms. The molecule has 0 aliphatic heterocycles. The number of amides is 1. The van der Waals surface area contributed by atoms with Gasteiger partial charge in [-0.3, -0.25) is 4.79 Å². The highest BCUT2D eigenvalue weighted by Gasteiger charge is 2.27. The molecule has 0 unspecified atom stereocenters. The number of rotatable bonds is 5. The summed E-state index contributed by atoms with van der Waals surface area (Å²) in [6.07, 6.45) is 0.557. The van der Waals surface area contributed by atoms with E-state index in [0.717, 1.165) is 32.6 Å². The minimum Gasteiger partial charge on any atom is -0.464 e. The second-order valence-electron chi connectivity index (χ2n) is 6.76. The fraction of sp³-hybridized carbons (Fsp3) is 0.333. The number of nitrogens with zero attached hydrogens (tertiary/aromatic N) is 1.